The van der Waals surface area contributed by atoms with Crippen molar-refractivity contribution in [3.05, 3.63) is 34.9 Å². The van der Waals surface area contributed by atoms with Crippen molar-refractivity contribution in [1.29, 1.82) is 0 Å². The van der Waals surface area contributed by atoms with E-state index < -0.39 is 6.10 Å². The number of benzene rings is 1. The lowest BCUT2D eigenvalue weighted by molar-refractivity contribution is 0.157. The van der Waals surface area contributed by atoms with Gasteiger partial charge in [0.25, 0.3) is 0 Å². The molecule has 0 bridgehead atoms. The van der Waals surface area contributed by atoms with Crippen molar-refractivity contribution in [2.45, 2.75) is 38.3 Å². The predicted molar refractivity (Wildman–Crippen MR) is 71.2 cm³/mol. The molecule has 1 fully saturated rings. The summed E-state index contributed by atoms with van der Waals surface area (Å²) in [6, 6.07) is 7.46. The van der Waals surface area contributed by atoms with Gasteiger partial charge in [-0.25, -0.2) is 0 Å². The van der Waals surface area contributed by atoms with E-state index in [0.29, 0.717) is 11.6 Å². The van der Waals surface area contributed by atoms with E-state index in [2.05, 4.69) is 19.2 Å². The van der Waals surface area contributed by atoms with Crippen molar-refractivity contribution < 1.29 is 5.11 Å². The highest BCUT2D eigenvalue weighted by Crippen LogP contribution is 2.39. The third-order valence-corrected chi connectivity index (χ3v) is 3.96. The van der Waals surface area contributed by atoms with E-state index in [-0.39, 0.29) is 5.54 Å². The Kier molecular flexibility index (Phi) is 3.76. The molecular formula is C14H20ClNO. The minimum Gasteiger partial charge on any atom is -0.387 e. The molecule has 17 heavy (non-hydrogen) atoms. The fraction of sp³-hybridized carbons (Fsp3) is 0.571. The first-order chi connectivity index (χ1) is 8.00. The number of β-amino-alcohol motifs (C(OH)–C–C–N with tert-alkyl or cyclic N) is 1. The first-order valence-corrected chi connectivity index (χ1v) is 6.56. The normalized spacial score (nSPS) is 18.1. The number of hydrogen-bond acceptors (Lipinski definition) is 2. The molecule has 0 radical (unpaired) electrons. The Balaban J connectivity index is 1.93. The number of aliphatic hydroxyl groups excluding tert-OH is 1. The molecule has 1 aliphatic rings. The van der Waals surface area contributed by atoms with E-state index in [0.717, 1.165) is 11.5 Å². The summed E-state index contributed by atoms with van der Waals surface area (Å²) in [4.78, 5) is 0. The van der Waals surface area contributed by atoms with Gasteiger partial charge >= 0.3 is 0 Å². The van der Waals surface area contributed by atoms with Gasteiger partial charge in [-0.15, -0.1) is 0 Å². The van der Waals surface area contributed by atoms with Gasteiger partial charge in [0, 0.05) is 22.7 Å². The van der Waals surface area contributed by atoms with Crippen LogP contribution in [0.2, 0.25) is 5.02 Å². The molecule has 1 saturated carbocycles. The smallest absolute Gasteiger partial charge is 0.0928 e. The molecule has 94 valence electrons. The van der Waals surface area contributed by atoms with Crippen LogP contribution in [0.25, 0.3) is 0 Å². The van der Waals surface area contributed by atoms with Crippen molar-refractivity contribution in [2.24, 2.45) is 5.92 Å². The Bertz CT molecular complexity index is 388. The zero-order chi connectivity index (χ0) is 12.5. The quantitative estimate of drug-likeness (QED) is 0.845. The van der Waals surface area contributed by atoms with Crippen LogP contribution in [0.3, 0.4) is 0 Å². The molecule has 1 unspecified atom stereocenters. The Morgan fingerprint density at radius 2 is 2.06 bits per heavy atom. The molecule has 2 nitrogen and oxygen atoms in total. The number of aliphatic hydroxyl groups is 1. The van der Waals surface area contributed by atoms with Crippen LogP contribution in [-0.2, 0) is 0 Å². The van der Waals surface area contributed by atoms with E-state index in [1.165, 1.54) is 12.8 Å². The van der Waals surface area contributed by atoms with E-state index in [1.807, 2.05) is 24.3 Å². The standard InChI is InChI=1S/C14H20ClNO/c1-14(2,10-7-8-10)16-9-13(17)11-5-3-4-6-12(11)15/h3-6,10,13,16-17H,7-9H2,1-2H3. The predicted octanol–water partition coefficient (Wildman–Crippen LogP) is 3.15. The summed E-state index contributed by atoms with van der Waals surface area (Å²) in [7, 11) is 0. The number of hydrogen-bond donors (Lipinski definition) is 2. The molecular weight excluding hydrogens is 234 g/mol. The Labute approximate surface area is 108 Å². The van der Waals surface area contributed by atoms with Crippen LogP contribution in [0, 0.1) is 5.92 Å². The van der Waals surface area contributed by atoms with E-state index in [4.69, 9.17) is 11.6 Å². The second-order valence-corrected chi connectivity index (χ2v) is 5.82. The van der Waals surface area contributed by atoms with Gasteiger partial charge in [0.05, 0.1) is 6.10 Å². The molecule has 0 amide bonds. The van der Waals surface area contributed by atoms with Crippen LogP contribution < -0.4 is 5.32 Å². The molecule has 3 heteroatoms. The topological polar surface area (TPSA) is 32.3 Å². The van der Waals surface area contributed by atoms with E-state index in [1.54, 1.807) is 0 Å². The minimum absolute atomic E-state index is 0.113. The number of rotatable bonds is 5. The van der Waals surface area contributed by atoms with Gasteiger partial charge in [-0.1, -0.05) is 29.8 Å². The van der Waals surface area contributed by atoms with Gasteiger partial charge in [-0.2, -0.15) is 0 Å². The van der Waals surface area contributed by atoms with Crippen LogP contribution in [0.4, 0.5) is 0 Å². The molecule has 1 aliphatic carbocycles. The lowest BCUT2D eigenvalue weighted by Crippen LogP contribution is -2.43. The maximum Gasteiger partial charge on any atom is 0.0928 e. The zero-order valence-corrected chi connectivity index (χ0v) is 11.2. The van der Waals surface area contributed by atoms with Crippen LogP contribution >= 0.6 is 11.6 Å². The number of nitrogens with one attached hydrogen (secondary N) is 1. The molecule has 2 rings (SSSR count). The van der Waals surface area contributed by atoms with E-state index in [9.17, 15) is 5.11 Å². The minimum atomic E-state index is -0.540. The molecule has 2 N–H and O–H groups in total. The summed E-state index contributed by atoms with van der Waals surface area (Å²) < 4.78 is 0. The first-order valence-electron chi connectivity index (χ1n) is 6.18. The maximum absolute atomic E-state index is 10.1. The summed E-state index contributed by atoms with van der Waals surface area (Å²) in [5.41, 5.74) is 0.913. The summed E-state index contributed by atoms with van der Waals surface area (Å²) in [6.07, 6.45) is 2.05. The summed E-state index contributed by atoms with van der Waals surface area (Å²) in [5.74, 6) is 0.751. The van der Waals surface area contributed by atoms with Crippen molar-refractivity contribution in [1.82, 2.24) is 5.32 Å². The maximum atomic E-state index is 10.1. The fourth-order valence-electron chi connectivity index (χ4n) is 2.16. The second-order valence-electron chi connectivity index (χ2n) is 5.41. The van der Waals surface area contributed by atoms with Crippen LogP contribution in [0.15, 0.2) is 24.3 Å². The summed E-state index contributed by atoms with van der Waals surface area (Å²) >= 11 is 6.06. The lowest BCUT2D eigenvalue weighted by Gasteiger charge is -2.28. The van der Waals surface area contributed by atoms with Crippen molar-refractivity contribution >= 4 is 11.6 Å². The van der Waals surface area contributed by atoms with Crippen molar-refractivity contribution in [2.75, 3.05) is 6.54 Å². The first kappa shape index (κ1) is 12.9. The molecule has 1 aromatic carbocycles. The highest BCUT2D eigenvalue weighted by Gasteiger charge is 2.37. The molecule has 1 aromatic rings. The summed E-state index contributed by atoms with van der Waals surface area (Å²) in [5, 5.41) is 14.2. The fourth-order valence-corrected chi connectivity index (χ4v) is 2.43. The average Bonchev–Trinajstić information content (AvgIpc) is 3.11. The van der Waals surface area contributed by atoms with Gasteiger partial charge in [0.15, 0.2) is 0 Å². The van der Waals surface area contributed by atoms with Gasteiger partial charge in [-0.05, 0) is 38.7 Å². The lowest BCUT2D eigenvalue weighted by atomic mass is 9.98. The van der Waals surface area contributed by atoms with Crippen LogP contribution in [0.1, 0.15) is 38.4 Å². The zero-order valence-electron chi connectivity index (χ0n) is 10.4. The van der Waals surface area contributed by atoms with Crippen molar-refractivity contribution in [3.63, 3.8) is 0 Å². The molecule has 0 aliphatic heterocycles. The Morgan fingerprint density at radius 1 is 1.41 bits per heavy atom. The highest BCUT2D eigenvalue weighted by molar-refractivity contribution is 6.31. The summed E-state index contributed by atoms with van der Waals surface area (Å²) in [6.45, 7) is 4.95. The Morgan fingerprint density at radius 3 is 2.65 bits per heavy atom. The van der Waals surface area contributed by atoms with E-state index >= 15 is 0 Å². The third kappa shape index (κ3) is 3.21. The largest absolute Gasteiger partial charge is 0.387 e. The molecule has 1 atom stereocenters. The molecule has 0 aromatic heterocycles. The van der Waals surface area contributed by atoms with Gasteiger partial charge in [-0.3, -0.25) is 0 Å². The molecule has 0 saturated heterocycles. The van der Waals surface area contributed by atoms with Gasteiger partial charge in [0.2, 0.25) is 0 Å². The molecule has 0 spiro atoms. The van der Waals surface area contributed by atoms with Crippen LogP contribution in [0.5, 0.6) is 0 Å². The highest BCUT2D eigenvalue weighted by atomic mass is 35.5. The van der Waals surface area contributed by atoms with Crippen molar-refractivity contribution in [3.8, 4) is 0 Å². The average molecular weight is 254 g/mol. The third-order valence-electron chi connectivity index (χ3n) is 3.61. The van der Waals surface area contributed by atoms with Gasteiger partial charge < -0.3 is 10.4 Å². The van der Waals surface area contributed by atoms with Gasteiger partial charge in [0.1, 0.15) is 0 Å². The molecule has 0 heterocycles. The Hall–Kier alpha value is -0.570. The second kappa shape index (κ2) is 4.97. The SMILES string of the molecule is CC(C)(NCC(O)c1ccccc1Cl)C1CC1. The number of halogens is 1. The monoisotopic (exact) mass is 253 g/mol. The van der Waals surface area contributed by atoms with Crippen LogP contribution in [-0.4, -0.2) is 17.2 Å².